The second-order valence-corrected chi connectivity index (χ2v) is 8.07. The molecule has 0 radical (unpaired) electrons. The van der Waals surface area contributed by atoms with Crippen LogP contribution in [0.1, 0.15) is 22.5 Å². The third-order valence-corrected chi connectivity index (χ3v) is 5.87. The van der Waals surface area contributed by atoms with E-state index in [0.717, 1.165) is 22.2 Å². The molecule has 0 spiro atoms. The molecule has 8 heteroatoms. The highest BCUT2D eigenvalue weighted by molar-refractivity contribution is 5.83. The fourth-order valence-electron chi connectivity index (χ4n) is 4.02. The second kappa shape index (κ2) is 12.0. The molecule has 1 heterocycles. The van der Waals surface area contributed by atoms with Crippen LogP contribution in [0, 0.1) is 0 Å². The van der Waals surface area contributed by atoms with Crippen molar-refractivity contribution in [1.82, 2.24) is 9.97 Å². The van der Waals surface area contributed by atoms with Crippen LogP contribution >= 0.6 is 0 Å². The van der Waals surface area contributed by atoms with E-state index < -0.39 is 0 Å². The first-order valence-corrected chi connectivity index (χ1v) is 11.8. The summed E-state index contributed by atoms with van der Waals surface area (Å²) >= 11 is 0. The molecule has 8 nitrogen and oxygen atoms in total. The first-order valence-electron chi connectivity index (χ1n) is 11.8. The van der Waals surface area contributed by atoms with Crippen molar-refractivity contribution in [1.29, 1.82) is 0 Å². The van der Waals surface area contributed by atoms with Crippen LogP contribution in [-0.4, -0.2) is 52.6 Å². The third kappa shape index (κ3) is 5.49. The molecular formula is C30H30N2O6. The van der Waals surface area contributed by atoms with Crippen LogP contribution in [0.3, 0.4) is 0 Å². The Morgan fingerprint density at radius 2 is 0.816 bits per heavy atom. The van der Waals surface area contributed by atoms with Crippen molar-refractivity contribution in [2.24, 2.45) is 0 Å². The van der Waals surface area contributed by atoms with Gasteiger partial charge in [-0.1, -0.05) is 24.3 Å². The van der Waals surface area contributed by atoms with Crippen molar-refractivity contribution in [3.8, 4) is 34.5 Å². The number of rotatable bonds is 10. The molecule has 0 aliphatic carbocycles. The Hall–Kier alpha value is -4.72. The van der Waals surface area contributed by atoms with Crippen LogP contribution in [0.5, 0.6) is 34.5 Å². The van der Waals surface area contributed by atoms with E-state index in [1.54, 1.807) is 42.7 Å². The van der Waals surface area contributed by atoms with Gasteiger partial charge in [-0.15, -0.1) is 0 Å². The number of hydrogen-bond acceptors (Lipinski definition) is 8. The second-order valence-electron chi connectivity index (χ2n) is 8.07. The zero-order valence-electron chi connectivity index (χ0n) is 22.3. The standard InChI is InChI=1S/C30H30N2O6/c1-33-25-15-19(16-26(34-2)29(25)37-5)11-13-23-24(32-22-10-8-7-9-21(22)31-23)14-12-20-17-27(35-3)30(38-6)28(18-20)36-4/h7-18H,1-6H3/b13-11+,14-12?. The third-order valence-electron chi connectivity index (χ3n) is 5.87. The van der Waals surface area contributed by atoms with Gasteiger partial charge in [0.05, 0.1) is 65.1 Å². The fourth-order valence-corrected chi connectivity index (χ4v) is 4.02. The van der Waals surface area contributed by atoms with E-state index in [4.69, 9.17) is 38.4 Å². The molecule has 0 saturated carbocycles. The van der Waals surface area contributed by atoms with Gasteiger partial charge < -0.3 is 28.4 Å². The summed E-state index contributed by atoms with van der Waals surface area (Å²) in [6.07, 6.45) is 7.68. The van der Waals surface area contributed by atoms with Crippen molar-refractivity contribution in [3.63, 3.8) is 0 Å². The van der Waals surface area contributed by atoms with Crippen LogP contribution in [0.25, 0.3) is 35.3 Å². The summed E-state index contributed by atoms with van der Waals surface area (Å²) in [5.41, 5.74) is 4.69. The quantitative estimate of drug-likeness (QED) is 0.254. The molecule has 1 aromatic heterocycles. The van der Waals surface area contributed by atoms with Gasteiger partial charge >= 0.3 is 0 Å². The normalized spacial score (nSPS) is 11.2. The molecule has 0 fully saturated rings. The molecule has 4 aromatic rings. The Morgan fingerprint density at radius 1 is 0.474 bits per heavy atom. The molecular weight excluding hydrogens is 484 g/mol. The number of ether oxygens (including phenoxy) is 6. The lowest BCUT2D eigenvalue weighted by Crippen LogP contribution is -1.96. The molecule has 0 aliphatic rings. The van der Waals surface area contributed by atoms with Crippen LogP contribution in [-0.2, 0) is 0 Å². The first-order chi connectivity index (χ1) is 18.5. The van der Waals surface area contributed by atoms with Crippen molar-refractivity contribution < 1.29 is 28.4 Å². The first kappa shape index (κ1) is 26.3. The Labute approximate surface area is 222 Å². The predicted octanol–water partition coefficient (Wildman–Crippen LogP) is 6.02. The van der Waals surface area contributed by atoms with Crippen LogP contribution in [0.15, 0.2) is 48.5 Å². The number of para-hydroxylation sites is 2. The number of benzene rings is 3. The predicted molar refractivity (Wildman–Crippen MR) is 150 cm³/mol. The van der Waals surface area contributed by atoms with E-state index in [9.17, 15) is 0 Å². The number of aromatic nitrogens is 2. The van der Waals surface area contributed by atoms with E-state index >= 15 is 0 Å². The van der Waals surface area contributed by atoms with E-state index in [2.05, 4.69) is 0 Å². The largest absolute Gasteiger partial charge is 0.493 e. The molecule has 0 atom stereocenters. The van der Waals surface area contributed by atoms with Crippen LogP contribution in [0.2, 0.25) is 0 Å². The average Bonchev–Trinajstić information content (AvgIpc) is 2.97. The number of fused-ring (bicyclic) bond motifs is 1. The Bertz CT molecular complexity index is 1330. The van der Waals surface area contributed by atoms with Gasteiger partial charge in [-0.2, -0.15) is 0 Å². The summed E-state index contributed by atoms with van der Waals surface area (Å²) in [7, 11) is 9.51. The Balaban J connectivity index is 1.78. The Kier molecular flexibility index (Phi) is 8.33. The molecule has 38 heavy (non-hydrogen) atoms. The molecule has 0 bridgehead atoms. The van der Waals surface area contributed by atoms with Crippen LogP contribution in [0.4, 0.5) is 0 Å². The molecule has 0 aliphatic heterocycles. The van der Waals surface area contributed by atoms with Gasteiger partial charge in [-0.25, -0.2) is 9.97 Å². The SMILES string of the molecule is COc1cc(C=Cc2nc3ccccc3nc2/C=C/c2cc(OC)c(OC)c(OC)c2)cc(OC)c1OC. The summed E-state index contributed by atoms with van der Waals surface area (Å²) in [6, 6.07) is 15.2. The highest BCUT2D eigenvalue weighted by Gasteiger charge is 2.14. The minimum Gasteiger partial charge on any atom is -0.493 e. The highest BCUT2D eigenvalue weighted by atomic mass is 16.5. The zero-order valence-corrected chi connectivity index (χ0v) is 22.3. The van der Waals surface area contributed by atoms with Crippen molar-refractivity contribution >= 4 is 35.3 Å². The van der Waals surface area contributed by atoms with E-state index in [1.165, 1.54) is 0 Å². The van der Waals surface area contributed by atoms with Gasteiger partial charge in [-0.05, 0) is 59.7 Å². The maximum absolute atomic E-state index is 5.49. The topological polar surface area (TPSA) is 81.2 Å². The van der Waals surface area contributed by atoms with E-state index in [0.29, 0.717) is 45.9 Å². The maximum Gasteiger partial charge on any atom is 0.203 e. The van der Waals surface area contributed by atoms with Gasteiger partial charge in [0.15, 0.2) is 23.0 Å². The number of nitrogens with zero attached hydrogens (tertiary/aromatic N) is 2. The molecule has 0 N–H and O–H groups in total. The van der Waals surface area contributed by atoms with E-state index in [-0.39, 0.29) is 0 Å². The number of methoxy groups -OCH3 is 6. The van der Waals surface area contributed by atoms with Gasteiger partial charge in [0, 0.05) is 0 Å². The molecule has 3 aromatic carbocycles. The van der Waals surface area contributed by atoms with E-state index in [1.807, 2.05) is 72.8 Å². The van der Waals surface area contributed by atoms with Gasteiger partial charge in [0.2, 0.25) is 11.5 Å². The summed E-state index contributed by atoms with van der Waals surface area (Å²) in [5.74, 6) is 3.34. The van der Waals surface area contributed by atoms with Crippen LogP contribution < -0.4 is 28.4 Å². The fraction of sp³-hybridized carbons (Fsp3) is 0.200. The van der Waals surface area contributed by atoms with Gasteiger partial charge in [-0.3, -0.25) is 0 Å². The zero-order chi connectivity index (χ0) is 27.1. The molecule has 0 unspecified atom stereocenters. The summed E-state index contributed by atoms with van der Waals surface area (Å²) in [6.45, 7) is 0. The smallest absolute Gasteiger partial charge is 0.203 e. The monoisotopic (exact) mass is 514 g/mol. The highest BCUT2D eigenvalue weighted by Crippen LogP contribution is 2.39. The Morgan fingerprint density at radius 3 is 1.11 bits per heavy atom. The average molecular weight is 515 g/mol. The van der Waals surface area contributed by atoms with Gasteiger partial charge in [0.1, 0.15) is 0 Å². The van der Waals surface area contributed by atoms with Crippen molar-refractivity contribution in [2.45, 2.75) is 0 Å². The summed E-state index contributed by atoms with van der Waals surface area (Å²) in [4.78, 5) is 9.72. The minimum atomic E-state index is 0.534. The summed E-state index contributed by atoms with van der Waals surface area (Å²) < 4.78 is 32.8. The lowest BCUT2D eigenvalue weighted by atomic mass is 10.1. The molecule has 196 valence electrons. The van der Waals surface area contributed by atoms with Gasteiger partial charge in [0.25, 0.3) is 0 Å². The van der Waals surface area contributed by atoms with Crippen molar-refractivity contribution in [3.05, 3.63) is 71.0 Å². The molecule has 4 rings (SSSR count). The maximum atomic E-state index is 5.49. The molecule has 0 amide bonds. The summed E-state index contributed by atoms with van der Waals surface area (Å²) in [5, 5.41) is 0. The minimum absolute atomic E-state index is 0.534. The number of hydrogen-bond donors (Lipinski definition) is 0. The lowest BCUT2D eigenvalue weighted by Gasteiger charge is -2.13. The van der Waals surface area contributed by atoms with Crippen molar-refractivity contribution in [2.75, 3.05) is 42.7 Å². The lowest BCUT2D eigenvalue weighted by molar-refractivity contribution is 0.324. The molecule has 0 saturated heterocycles.